The van der Waals surface area contributed by atoms with E-state index in [1.54, 1.807) is 19.1 Å². The lowest BCUT2D eigenvalue weighted by molar-refractivity contribution is -0.121. The number of carbonyl (C=O) groups is 1. The second-order valence-corrected chi connectivity index (χ2v) is 7.12. The largest absolute Gasteiger partial charge is 0.350 e. The lowest BCUT2D eigenvalue weighted by atomic mass is 10.2. The van der Waals surface area contributed by atoms with Crippen LogP contribution >= 0.6 is 0 Å². The molecule has 2 aromatic carbocycles. The summed E-state index contributed by atoms with van der Waals surface area (Å²) in [5.74, 6) is -0.494. The minimum atomic E-state index is -0.633. The number of halogens is 1. The zero-order valence-electron chi connectivity index (χ0n) is 17.3. The molecule has 0 aliphatic rings. The Hall–Kier alpha value is -4.14. The van der Waals surface area contributed by atoms with Crippen LogP contribution in [0.5, 0.6) is 0 Å². The first kappa shape index (κ1) is 21.1. The summed E-state index contributed by atoms with van der Waals surface area (Å²) >= 11 is 0. The molecule has 0 fully saturated rings. The molecule has 2 heterocycles. The van der Waals surface area contributed by atoms with E-state index in [2.05, 4.69) is 15.3 Å². The van der Waals surface area contributed by atoms with Crippen molar-refractivity contribution in [1.82, 2.24) is 24.4 Å². The minimum absolute atomic E-state index is 0.146. The topological polar surface area (TPSA) is 98.9 Å². The summed E-state index contributed by atoms with van der Waals surface area (Å²) in [6.07, 6.45) is 1.38. The van der Waals surface area contributed by atoms with Crippen molar-refractivity contribution in [2.24, 2.45) is 0 Å². The third-order valence-corrected chi connectivity index (χ3v) is 5.01. The van der Waals surface area contributed by atoms with Crippen molar-refractivity contribution >= 4 is 16.9 Å². The molecule has 0 saturated carbocycles. The molecule has 0 radical (unpaired) electrons. The van der Waals surface area contributed by atoms with Crippen molar-refractivity contribution in [2.45, 2.75) is 26.6 Å². The molecule has 4 aromatic rings. The van der Waals surface area contributed by atoms with E-state index in [1.165, 1.54) is 22.9 Å². The van der Waals surface area contributed by atoms with Gasteiger partial charge in [-0.2, -0.15) is 0 Å². The minimum Gasteiger partial charge on any atom is -0.350 e. The lowest BCUT2D eigenvalue weighted by Crippen LogP contribution is -2.44. The molecule has 0 spiro atoms. The van der Waals surface area contributed by atoms with Gasteiger partial charge < -0.3 is 5.32 Å². The van der Waals surface area contributed by atoms with Crippen LogP contribution < -0.4 is 16.6 Å². The first-order chi connectivity index (χ1) is 15.5. The Kier molecular flexibility index (Phi) is 5.89. The quantitative estimate of drug-likeness (QED) is 0.502. The highest BCUT2D eigenvalue weighted by atomic mass is 19.1. The zero-order valence-corrected chi connectivity index (χ0v) is 17.3. The van der Waals surface area contributed by atoms with E-state index in [9.17, 15) is 18.8 Å². The first-order valence-electron chi connectivity index (χ1n) is 10.0. The number of amides is 1. The number of rotatable bonds is 6. The number of aromatic nitrogens is 4. The summed E-state index contributed by atoms with van der Waals surface area (Å²) in [5, 5.41) is 2.79. The Morgan fingerprint density at radius 3 is 2.44 bits per heavy atom. The number of nitrogens with zero attached hydrogens (tertiary/aromatic N) is 4. The van der Waals surface area contributed by atoms with Crippen LogP contribution in [0.15, 0.2) is 70.4 Å². The van der Waals surface area contributed by atoms with Crippen LogP contribution in [0.2, 0.25) is 0 Å². The van der Waals surface area contributed by atoms with E-state index in [-0.39, 0.29) is 29.9 Å². The average Bonchev–Trinajstić information content (AvgIpc) is 2.82. The fourth-order valence-corrected chi connectivity index (χ4v) is 3.35. The second-order valence-electron chi connectivity index (χ2n) is 7.12. The van der Waals surface area contributed by atoms with Gasteiger partial charge in [-0.15, -0.1) is 0 Å². The summed E-state index contributed by atoms with van der Waals surface area (Å²) in [6.45, 7) is 1.72. The van der Waals surface area contributed by atoms with E-state index in [0.717, 1.165) is 10.1 Å². The Labute approximate surface area is 182 Å². The maximum Gasteiger partial charge on any atom is 0.333 e. The highest BCUT2D eigenvalue weighted by molar-refractivity contribution is 5.78. The molecule has 0 aliphatic heterocycles. The molecule has 32 heavy (non-hydrogen) atoms. The highest BCUT2D eigenvalue weighted by Crippen LogP contribution is 2.16. The van der Waals surface area contributed by atoms with Crippen molar-refractivity contribution in [3.63, 3.8) is 0 Å². The Bertz CT molecular complexity index is 1400. The SMILES string of the molecule is CCn1c(=O)n(CC(=O)NCc2ccc(F)cc2)c(=O)c2cnc(-c3ccccc3)nc21. The van der Waals surface area contributed by atoms with Gasteiger partial charge in [-0.05, 0) is 24.6 Å². The summed E-state index contributed by atoms with van der Waals surface area (Å²) in [4.78, 5) is 47.1. The van der Waals surface area contributed by atoms with E-state index in [4.69, 9.17) is 0 Å². The van der Waals surface area contributed by atoms with Gasteiger partial charge in [0.25, 0.3) is 5.56 Å². The molecular weight excluding hydrogens is 413 g/mol. The molecular formula is C23H20FN5O3. The van der Waals surface area contributed by atoms with Crippen molar-refractivity contribution < 1.29 is 9.18 Å². The fourth-order valence-electron chi connectivity index (χ4n) is 3.35. The predicted molar refractivity (Wildman–Crippen MR) is 117 cm³/mol. The van der Waals surface area contributed by atoms with Crippen molar-refractivity contribution in [3.8, 4) is 11.4 Å². The second kappa shape index (κ2) is 8.93. The molecule has 0 aliphatic carbocycles. The Morgan fingerprint density at radius 1 is 1.03 bits per heavy atom. The third kappa shape index (κ3) is 4.18. The number of hydrogen-bond acceptors (Lipinski definition) is 5. The number of benzene rings is 2. The smallest absolute Gasteiger partial charge is 0.333 e. The Morgan fingerprint density at radius 2 is 1.75 bits per heavy atom. The maximum atomic E-state index is 13.0. The predicted octanol–water partition coefficient (Wildman–Crippen LogP) is 2.10. The Balaban J connectivity index is 1.66. The molecule has 1 amide bonds. The van der Waals surface area contributed by atoms with Crippen molar-refractivity contribution in [3.05, 3.63) is 93.0 Å². The summed E-state index contributed by atoms with van der Waals surface area (Å²) in [5.41, 5.74) is 0.414. The standard InChI is InChI=1S/C23H20FN5O3/c1-2-28-21-18(13-26-20(27-21)16-6-4-3-5-7-16)22(31)29(23(28)32)14-19(30)25-12-15-8-10-17(24)11-9-15/h3-11,13H,2,12,14H2,1H3,(H,25,30). The van der Waals surface area contributed by atoms with E-state index >= 15 is 0 Å². The van der Waals surface area contributed by atoms with Crippen LogP contribution in [0.1, 0.15) is 12.5 Å². The van der Waals surface area contributed by atoms with E-state index in [0.29, 0.717) is 11.4 Å². The van der Waals surface area contributed by atoms with Gasteiger partial charge in [-0.1, -0.05) is 42.5 Å². The number of hydrogen-bond donors (Lipinski definition) is 1. The molecule has 4 rings (SSSR count). The number of aryl methyl sites for hydroxylation is 1. The average molecular weight is 433 g/mol. The van der Waals surface area contributed by atoms with E-state index < -0.39 is 23.7 Å². The molecule has 1 N–H and O–H groups in total. The summed E-state index contributed by atoms with van der Waals surface area (Å²) < 4.78 is 15.2. The zero-order chi connectivity index (χ0) is 22.7. The van der Waals surface area contributed by atoms with Gasteiger partial charge in [0, 0.05) is 24.8 Å². The molecule has 0 bridgehead atoms. The van der Waals surface area contributed by atoms with Gasteiger partial charge in [0.15, 0.2) is 11.5 Å². The molecule has 0 atom stereocenters. The molecule has 2 aromatic heterocycles. The number of nitrogens with one attached hydrogen (secondary N) is 1. The van der Waals surface area contributed by atoms with Crippen LogP contribution in [0.4, 0.5) is 4.39 Å². The van der Waals surface area contributed by atoms with Crippen LogP contribution in [0.3, 0.4) is 0 Å². The van der Waals surface area contributed by atoms with Crippen LogP contribution in [-0.4, -0.2) is 25.0 Å². The molecule has 0 unspecified atom stereocenters. The van der Waals surface area contributed by atoms with Crippen molar-refractivity contribution in [2.75, 3.05) is 0 Å². The van der Waals surface area contributed by atoms with Crippen LogP contribution in [0.25, 0.3) is 22.4 Å². The normalized spacial score (nSPS) is 10.9. The molecule has 0 saturated heterocycles. The number of carbonyl (C=O) groups excluding carboxylic acids is 1. The van der Waals surface area contributed by atoms with Crippen LogP contribution in [-0.2, 0) is 24.4 Å². The van der Waals surface area contributed by atoms with Gasteiger partial charge >= 0.3 is 5.69 Å². The summed E-state index contributed by atoms with van der Waals surface area (Å²) in [7, 11) is 0. The lowest BCUT2D eigenvalue weighted by Gasteiger charge is -2.13. The summed E-state index contributed by atoms with van der Waals surface area (Å²) in [6, 6.07) is 14.9. The first-order valence-corrected chi connectivity index (χ1v) is 10.0. The van der Waals surface area contributed by atoms with Gasteiger partial charge in [0.1, 0.15) is 17.7 Å². The monoisotopic (exact) mass is 433 g/mol. The number of fused-ring (bicyclic) bond motifs is 1. The fraction of sp³-hybridized carbons (Fsp3) is 0.174. The van der Waals surface area contributed by atoms with Crippen LogP contribution in [0, 0.1) is 5.82 Å². The van der Waals surface area contributed by atoms with Gasteiger partial charge in [-0.25, -0.2) is 19.2 Å². The van der Waals surface area contributed by atoms with Gasteiger partial charge in [0.05, 0.1) is 0 Å². The van der Waals surface area contributed by atoms with Gasteiger partial charge in [0.2, 0.25) is 5.91 Å². The molecule has 162 valence electrons. The van der Waals surface area contributed by atoms with E-state index in [1.807, 2.05) is 30.3 Å². The molecule has 8 nitrogen and oxygen atoms in total. The third-order valence-electron chi connectivity index (χ3n) is 5.01. The van der Waals surface area contributed by atoms with Gasteiger partial charge in [-0.3, -0.25) is 18.7 Å². The van der Waals surface area contributed by atoms with Crippen molar-refractivity contribution in [1.29, 1.82) is 0 Å². The highest BCUT2D eigenvalue weighted by Gasteiger charge is 2.17. The maximum absolute atomic E-state index is 13.0. The molecule has 9 heteroatoms.